The highest BCUT2D eigenvalue weighted by Gasteiger charge is 2.22. The lowest BCUT2D eigenvalue weighted by Crippen LogP contribution is -2.15. The molecule has 1 heterocycles. The quantitative estimate of drug-likeness (QED) is 0.681. The SMILES string of the molecule is CC.Cc1ccc2c(c1)CC(C)(C)CCN2. The molecule has 0 radical (unpaired) electrons. The molecule has 90 valence electrons. The molecule has 0 atom stereocenters. The monoisotopic (exact) mass is 219 g/mol. The van der Waals surface area contributed by atoms with Crippen molar-refractivity contribution in [3.05, 3.63) is 29.3 Å². The van der Waals surface area contributed by atoms with E-state index >= 15 is 0 Å². The van der Waals surface area contributed by atoms with Gasteiger partial charge in [0.15, 0.2) is 0 Å². The smallest absolute Gasteiger partial charge is 0.0373 e. The van der Waals surface area contributed by atoms with Gasteiger partial charge in [-0.1, -0.05) is 45.4 Å². The molecule has 16 heavy (non-hydrogen) atoms. The molecule has 0 fully saturated rings. The van der Waals surface area contributed by atoms with Gasteiger partial charge in [0.2, 0.25) is 0 Å². The molecule has 0 saturated heterocycles. The number of anilines is 1. The van der Waals surface area contributed by atoms with E-state index in [1.54, 1.807) is 0 Å². The van der Waals surface area contributed by atoms with Gasteiger partial charge in [0.25, 0.3) is 0 Å². The van der Waals surface area contributed by atoms with Gasteiger partial charge >= 0.3 is 0 Å². The first-order chi connectivity index (χ1) is 7.57. The molecular weight excluding hydrogens is 194 g/mol. The van der Waals surface area contributed by atoms with Crippen LogP contribution in [0.1, 0.15) is 45.2 Å². The number of rotatable bonds is 0. The van der Waals surface area contributed by atoms with Gasteiger partial charge in [-0.05, 0) is 36.8 Å². The molecule has 0 spiro atoms. The van der Waals surface area contributed by atoms with Crippen molar-refractivity contribution in [3.63, 3.8) is 0 Å². The minimum absolute atomic E-state index is 0.437. The van der Waals surface area contributed by atoms with Crippen LogP contribution in [0.2, 0.25) is 0 Å². The second-order valence-electron chi connectivity index (χ2n) is 5.18. The summed E-state index contributed by atoms with van der Waals surface area (Å²) < 4.78 is 0. The fourth-order valence-corrected chi connectivity index (χ4v) is 2.18. The minimum Gasteiger partial charge on any atom is -0.385 e. The van der Waals surface area contributed by atoms with Crippen molar-refractivity contribution in [3.8, 4) is 0 Å². The molecule has 0 bridgehead atoms. The van der Waals surface area contributed by atoms with Crippen LogP contribution in [0.5, 0.6) is 0 Å². The molecule has 0 aromatic heterocycles. The molecule has 1 nitrogen and oxygen atoms in total. The van der Waals surface area contributed by atoms with Gasteiger partial charge in [-0.2, -0.15) is 0 Å². The maximum atomic E-state index is 3.51. The van der Waals surface area contributed by atoms with Crippen molar-refractivity contribution in [2.75, 3.05) is 11.9 Å². The summed E-state index contributed by atoms with van der Waals surface area (Å²) in [5.41, 5.74) is 4.61. The van der Waals surface area contributed by atoms with Crippen LogP contribution in [0.4, 0.5) is 5.69 Å². The Labute approximate surface area is 100 Å². The van der Waals surface area contributed by atoms with E-state index in [2.05, 4.69) is 44.3 Å². The number of hydrogen-bond acceptors (Lipinski definition) is 1. The van der Waals surface area contributed by atoms with E-state index in [0.29, 0.717) is 5.41 Å². The molecule has 1 aliphatic heterocycles. The second kappa shape index (κ2) is 5.38. The normalized spacial score (nSPS) is 17.3. The van der Waals surface area contributed by atoms with Gasteiger partial charge in [-0.15, -0.1) is 0 Å². The van der Waals surface area contributed by atoms with Gasteiger partial charge in [0, 0.05) is 12.2 Å². The highest BCUT2D eigenvalue weighted by molar-refractivity contribution is 5.53. The van der Waals surface area contributed by atoms with E-state index in [-0.39, 0.29) is 0 Å². The van der Waals surface area contributed by atoms with Crippen molar-refractivity contribution in [1.29, 1.82) is 0 Å². The summed E-state index contributed by atoms with van der Waals surface area (Å²) in [5, 5.41) is 3.51. The minimum atomic E-state index is 0.437. The summed E-state index contributed by atoms with van der Waals surface area (Å²) in [4.78, 5) is 0. The Balaban J connectivity index is 0.000000606. The Morgan fingerprint density at radius 1 is 1.19 bits per heavy atom. The first kappa shape index (κ1) is 13.1. The van der Waals surface area contributed by atoms with Crippen LogP contribution in [0, 0.1) is 12.3 Å². The van der Waals surface area contributed by atoms with E-state index in [0.717, 1.165) is 6.54 Å². The third-order valence-corrected chi connectivity index (χ3v) is 3.05. The van der Waals surface area contributed by atoms with Crippen LogP contribution in [0.25, 0.3) is 0 Å². The highest BCUT2D eigenvalue weighted by atomic mass is 14.9. The Bertz CT molecular complexity index is 339. The summed E-state index contributed by atoms with van der Waals surface area (Å²) in [7, 11) is 0. The largest absolute Gasteiger partial charge is 0.385 e. The van der Waals surface area contributed by atoms with Crippen molar-refractivity contribution < 1.29 is 0 Å². The molecule has 1 aromatic carbocycles. The standard InChI is InChI=1S/C13H19N.C2H6/c1-10-4-5-12-11(8-10)9-13(2,3)6-7-14-12;1-2/h4-5,8,14H,6-7,9H2,1-3H3;1-2H3. The number of nitrogens with one attached hydrogen (secondary N) is 1. The van der Waals surface area contributed by atoms with E-state index in [9.17, 15) is 0 Å². The Morgan fingerprint density at radius 3 is 2.56 bits per heavy atom. The van der Waals surface area contributed by atoms with E-state index in [1.807, 2.05) is 13.8 Å². The summed E-state index contributed by atoms with van der Waals surface area (Å²) in [6.45, 7) is 12.0. The predicted octanol–water partition coefficient (Wildman–Crippen LogP) is 4.41. The van der Waals surface area contributed by atoms with Crippen molar-refractivity contribution in [2.45, 2.75) is 47.5 Å². The first-order valence-electron chi connectivity index (χ1n) is 6.40. The molecule has 1 aromatic rings. The van der Waals surface area contributed by atoms with Crippen molar-refractivity contribution in [1.82, 2.24) is 0 Å². The third kappa shape index (κ3) is 3.26. The van der Waals surface area contributed by atoms with E-state index in [4.69, 9.17) is 0 Å². The summed E-state index contributed by atoms with van der Waals surface area (Å²) in [6, 6.07) is 6.71. The lowest BCUT2D eigenvalue weighted by molar-refractivity contribution is 0.349. The van der Waals surface area contributed by atoms with Gasteiger partial charge in [-0.3, -0.25) is 0 Å². The van der Waals surface area contributed by atoms with Gasteiger partial charge < -0.3 is 5.32 Å². The molecular formula is C15H25N. The summed E-state index contributed by atoms with van der Waals surface area (Å²) in [6.07, 6.45) is 2.44. The fraction of sp³-hybridized carbons (Fsp3) is 0.600. The van der Waals surface area contributed by atoms with Gasteiger partial charge in [-0.25, -0.2) is 0 Å². The zero-order valence-electron chi connectivity index (χ0n) is 11.4. The molecule has 0 aliphatic carbocycles. The topological polar surface area (TPSA) is 12.0 Å². The fourth-order valence-electron chi connectivity index (χ4n) is 2.18. The van der Waals surface area contributed by atoms with Gasteiger partial charge in [0.05, 0.1) is 0 Å². The average molecular weight is 219 g/mol. The summed E-state index contributed by atoms with van der Waals surface area (Å²) in [5.74, 6) is 0. The van der Waals surface area contributed by atoms with Crippen molar-refractivity contribution in [2.24, 2.45) is 5.41 Å². The van der Waals surface area contributed by atoms with Crippen LogP contribution < -0.4 is 5.32 Å². The van der Waals surface area contributed by atoms with E-state index in [1.165, 1.54) is 29.7 Å². The van der Waals surface area contributed by atoms with Crippen molar-refractivity contribution >= 4 is 5.69 Å². The number of hydrogen-bond donors (Lipinski definition) is 1. The van der Waals surface area contributed by atoms with Crippen LogP contribution in [-0.2, 0) is 6.42 Å². The van der Waals surface area contributed by atoms with Crippen LogP contribution in [0.3, 0.4) is 0 Å². The predicted molar refractivity (Wildman–Crippen MR) is 73.1 cm³/mol. The first-order valence-corrected chi connectivity index (χ1v) is 6.40. The zero-order chi connectivity index (χ0) is 12.2. The van der Waals surface area contributed by atoms with Crippen LogP contribution in [0.15, 0.2) is 18.2 Å². The molecule has 1 heteroatoms. The third-order valence-electron chi connectivity index (χ3n) is 3.05. The maximum absolute atomic E-state index is 3.51. The molecule has 0 unspecified atom stereocenters. The molecule has 1 N–H and O–H groups in total. The summed E-state index contributed by atoms with van der Waals surface area (Å²) >= 11 is 0. The maximum Gasteiger partial charge on any atom is 0.0373 e. The Kier molecular flexibility index (Phi) is 4.40. The second-order valence-corrected chi connectivity index (χ2v) is 5.18. The number of fused-ring (bicyclic) bond motifs is 1. The highest BCUT2D eigenvalue weighted by Crippen LogP contribution is 2.32. The molecule has 1 aliphatic rings. The molecule has 0 amide bonds. The van der Waals surface area contributed by atoms with Crippen LogP contribution >= 0.6 is 0 Å². The lowest BCUT2D eigenvalue weighted by atomic mass is 9.83. The molecule has 2 rings (SSSR count). The average Bonchev–Trinajstić information content (AvgIpc) is 2.37. The number of benzene rings is 1. The molecule has 0 saturated carbocycles. The van der Waals surface area contributed by atoms with E-state index < -0.39 is 0 Å². The Morgan fingerprint density at radius 2 is 1.88 bits per heavy atom. The van der Waals surface area contributed by atoms with Crippen LogP contribution in [-0.4, -0.2) is 6.54 Å². The lowest BCUT2D eigenvalue weighted by Gasteiger charge is -2.21. The number of aryl methyl sites for hydroxylation is 1. The Hall–Kier alpha value is -0.980. The zero-order valence-corrected chi connectivity index (χ0v) is 11.4. The van der Waals surface area contributed by atoms with Gasteiger partial charge in [0.1, 0.15) is 0 Å².